The van der Waals surface area contributed by atoms with E-state index in [4.69, 9.17) is 5.26 Å². The van der Waals surface area contributed by atoms with Crippen molar-refractivity contribution in [1.29, 1.82) is 5.26 Å². The van der Waals surface area contributed by atoms with Crippen molar-refractivity contribution in [2.75, 3.05) is 18.0 Å². The highest BCUT2D eigenvalue weighted by atomic mass is 16.1. The smallest absolute Gasteiger partial charge is 0.232 e. The number of hydrogen-bond acceptors (Lipinski definition) is 6. The Balaban J connectivity index is 1.94. The van der Waals surface area contributed by atoms with Gasteiger partial charge in [-0.15, -0.1) is 0 Å². The Bertz CT molecular complexity index is 1080. The van der Waals surface area contributed by atoms with Gasteiger partial charge >= 0.3 is 0 Å². The van der Waals surface area contributed by atoms with Crippen LogP contribution in [0.3, 0.4) is 0 Å². The number of nitrogens with zero attached hydrogens (tertiary/aromatic N) is 5. The average Bonchev–Trinajstić information content (AvgIpc) is 3.55. The number of aldehydes is 1. The summed E-state index contributed by atoms with van der Waals surface area (Å²) in [6, 6.07) is 8.00. The molecule has 2 heterocycles. The third kappa shape index (κ3) is 2.89. The van der Waals surface area contributed by atoms with E-state index < -0.39 is 5.41 Å². The number of fused-ring (bicyclic) bond motifs is 1. The van der Waals surface area contributed by atoms with Crippen LogP contribution in [0.2, 0.25) is 0 Å². The fourth-order valence-corrected chi connectivity index (χ4v) is 3.72. The molecule has 2 aromatic heterocycles. The van der Waals surface area contributed by atoms with Gasteiger partial charge in [0.15, 0.2) is 0 Å². The first-order valence-corrected chi connectivity index (χ1v) is 9.52. The standard InChI is InChI=1S/C22H21N5O/c1-3-27(4-2)21-17-9-15(16-11-25-20(10-23)26-12-16)5-6-19(17)24-13-18(21)22(14-28)7-8-22/h5-6,9,11-14H,3-4,7-8H2,1-2H3. The summed E-state index contributed by atoms with van der Waals surface area (Å²) in [5, 5.41) is 9.94. The van der Waals surface area contributed by atoms with Gasteiger partial charge in [-0.2, -0.15) is 5.26 Å². The van der Waals surface area contributed by atoms with Crippen molar-refractivity contribution in [2.24, 2.45) is 0 Å². The molecular weight excluding hydrogens is 350 g/mol. The third-order valence-corrected chi connectivity index (χ3v) is 5.56. The fourth-order valence-electron chi connectivity index (χ4n) is 3.72. The zero-order chi connectivity index (χ0) is 19.7. The normalized spacial score (nSPS) is 14.5. The van der Waals surface area contributed by atoms with E-state index >= 15 is 0 Å². The maximum absolute atomic E-state index is 11.8. The van der Waals surface area contributed by atoms with Gasteiger partial charge in [0.2, 0.25) is 5.82 Å². The van der Waals surface area contributed by atoms with Crippen molar-refractivity contribution in [3.05, 3.63) is 48.2 Å². The summed E-state index contributed by atoms with van der Waals surface area (Å²) in [7, 11) is 0. The lowest BCUT2D eigenvalue weighted by molar-refractivity contribution is -0.109. The number of carbonyl (C=O) groups excluding carboxylic acids is 1. The summed E-state index contributed by atoms with van der Waals surface area (Å²) < 4.78 is 0. The highest BCUT2D eigenvalue weighted by Crippen LogP contribution is 2.51. The van der Waals surface area contributed by atoms with Crippen LogP contribution in [0.15, 0.2) is 36.8 Å². The first kappa shape index (κ1) is 18.1. The number of benzene rings is 1. The predicted molar refractivity (Wildman–Crippen MR) is 108 cm³/mol. The Hall–Kier alpha value is -3.33. The van der Waals surface area contributed by atoms with Gasteiger partial charge in [-0.3, -0.25) is 4.98 Å². The van der Waals surface area contributed by atoms with E-state index in [1.54, 1.807) is 12.4 Å². The second-order valence-electron chi connectivity index (χ2n) is 7.11. The van der Waals surface area contributed by atoms with Gasteiger partial charge in [-0.05, 0) is 44.4 Å². The molecule has 3 aromatic rings. The third-order valence-electron chi connectivity index (χ3n) is 5.56. The number of rotatable bonds is 6. The van der Waals surface area contributed by atoms with Gasteiger partial charge in [-0.25, -0.2) is 9.97 Å². The van der Waals surface area contributed by atoms with Crippen LogP contribution in [0.1, 0.15) is 38.1 Å². The molecule has 1 saturated carbocycles. The molecule has 0 radical (unpaired) electrons. The summed E-state index contributed by atoms with van der Waals surface area (Å²) in [5.74, 6) is 0.152. The Morgan fingerprint density at radius 3 is 2.39 bits per heavy atom. The molecule has 140 valence electrons. The predicted octanol–water partition coefficient (Wildman–Crippen LogP) is 3.64. The molecule has 1 fully saturated rings. The van der Waals surface area contributed by atoms with Crippen LogP contribution >= 0.6 is 0 Å². The molecule has 0 spiro atoms. The number of nitriles is 1. The van der Waals surface area contributed by atoms with E-state index in [0.717, 1.165) is 65.5 Å². The zero-order valence-corrected chi connectivity index (χ0v) is 16.0. The second-order valence-corrected chi connectivity index (χ2v) is 7.11. The Labute approximate surface area is 163 Å². The van der Waals surface area contributed by atoms with Gasteiger partial charge in [0.1, 0.15) is 12.4 Å². The molecule has 0 atom stereocenters. The van der Waals surface area contributed by atoms with Crippen molar-refractivity contribution in [3.8, 4) is 17.2 Å². The van der Waals surface area contributed by atoms with Crippen LogP contribution in [0, 0.1) is 11.3 Å². The first-order valence-electron chi connectivity index (χ1n) is 9.52. The average molecular weight is 371 g/mol. The van der Waals surface area contributed by atoms with Crippen molar-refractivity contribution in [3.63, 3.8) is 0 Å². The first-order chi connectivity index (χ1) is 13.7. The van der Waals surface area contributed by atoms with E-state index in [2.05, 4.69) is 39.8 Å². The topological polar surface area (TPSA) is 82.8 Å². The Morgan fingerprint density at radius 1 is 1.11 bits per heavy atom. The number of aromatic nitrogens is 3. The molecule has 6 nitrogen and oxygen atoms in total. The van der Waals surface area contributed by atoms with E-state index in [1.165, 1.54) is 0 Å². The van der Waals surface area contributed by atoms with Gasteiger partial charge in [-0.1, -0.05) is 6.07 Å². The summed E-state index contributed by atoms with van der Waals surface area (Å²) >= 11 is 0. The van der Waals surface area contributed by atoms with Gasteiger partial charge in [0.05, 0.1) is 16.6 Å². The summed E-state index contributed by atoms with van der Waals surface area (Å²) in [6.07, 6.45) is 8.04. The molecule has 28 heavy (non-hydrogen) atoms. The van der Waals surface area contributed by atoms with Crippen molar-refractivity contribution in [2.45, 2.75) is 32.1 Å². The molecule has 1 aliphatic carbocycles. The van der Waals surface area contributed by atoms with Crippen LogP contribution in [0.4, 0.5) is 5.69 Å². The summed E-state index contributed by atoms with van der Waals surface area (Å²) in [5.41, 5.74) is 4.41. The summed E-state index contributed by atoms with van der Waals surface area (Å²) in [6.45, 7) is 5.94. The molecule has 1 aromatic carbocycles. The zero-order valence-electron chi connectivity index (χ0n) is 16.0. The highest BCUT2D eigenvalue weighted by molar-refractivity contribution is 5.98. The number of carbonyl (C=O) groups is 1. The maximum atomic E-state index is 11.8. The van der Waals surface area contributed by atoms with Crippen LogP contribution < -0.4 is 4.90 Å². The molecule has 1 aliphatic rings. The molecule has 4 rings (SSSR count). The second kappa shape index (κ2) is 7.01. The SMILES string of the molecule is CCN(CC)c1c(C2(C=O)CC2)cnc2ccc(-c3cnc(C#N)nc3)cc12. The Morgan fingerprint density at radius 2 is 1.82 bits per heavy atom. The minimum absolute atomic E-state index is 0.152. The van der Waals surface area contributed by atoms with E-state index in [-0.39, 0.29) is 5.82 Å². The molecule has 0 saturated heterocycles. The van der Waals surface area contributed by atoms with Crippen molar-refractivity contribution in [1.82, 2.24) is 15.0 Å². The molecule has 0 unspecified atom stereocenters. The highest BCUT2D eigenvalue weighted by Gasteiger charge is 2.47. The quantitative estimate of drug-likeness (QED) is 0.615. The van der Waals surface area contributed by atoms with Crippen molar-refractivity contribution >= 4 is 22.9 Å². The molecule has 0 amide bonds. The lowest BCUT2D eigenvalue weighted by Crippen LogP contribution is -2.26. The van der Waals surface area contributed by atoms with E-state index in [9.17, 15) is 4.79 Å². The van der Waals surface area contributed by atoms with E-state index in [0.29, 0.717) is 0 Å². The van der Waals surface area contributed by atoms with Crippen molar-refractivity contribution < 1.29 is 4.79 Å². The number of pyridine rings is 1. The minimum Gasteiger partial charge on any atom is -0.371 e. The molecule has 0 bridgehead atoms. The van der Waals surface area contributed by atoms with Gasteiger partial charge in [0.25, 0.3) is 0 Å². The van der Waals surface area contributed by atoms with Gasteiger partial charge in [0, 0.05) is 48.2 Å². The van der Waals surface area contributed by atoms with Gasteiger partial charge < -0.3 is 9.69 Å². The molecule has 0 N–H and O–H groups in total. The lowest BCUT2D eigenvalue weighted by atomic mass is 9.93. The van der Waals surface area contributed by atoms with Crippen LogP contribution in [0.25, 0.3) is 22.0 Å². The maximum Gasteiger partial charge on any atom is 0.232 e. The fraction of sp³-hybridized carbons (Fsp3) is 0.318. The van der Waals surface area contributed by atoms with Crippen LogP contribution in [0.5, 0.6) is 0 Å². The molecule has 6 heteroatoms. The number of anilines is 1. The molecular formula is C22H21N5O. The largest absolute Gasteiger partial charge is 0.371 e. The number of hydrogen-bond donors (Lipinski definition) is 0. The van der Waals surface area contributed by atoms with Crippen LogP contribution in [-0.4, -0.2) is 34.3 Å². The van der Waals surface area contributed by atoms with Crippen LogP contribution in [-0.2, 0) is 10.2 Å². The minimum atomic E-state index is -0.396. The summed E-state index contributed by atoms with van der Waals surface area (Å²) in [4.78, 5) is 26.9. The van der Waals surface area contributed by atoms with E-state index in [1.807, 2.05) is 24.4 Å². The Kier molecular flexibility index (Phi) is 4.52. The molecule has 0 aliphatic heterocycles. The monoisotopic (exact) mass is 371 g/mol. The lowest BCUT2D eigenvalue weighted by Gasteiger charge is -2.27.